The van der Waals surface area contributed by atoms with E-state index in [-0.39, 0.29) is 29.1 Å². The lowest BCUT2D eigenvalue weighted by Gasteiger charge is -2.32. The molecule has 0 spiro atoms. The van der Waals surface area contributed by atoms with Crippen molar-refractivity contribution in [1.29, 1.82) is 0 Å². The van der Waals surface area contributed by atoms with Gasteiger partial charge in [-0.15, -0.1) is 0 Å². The molecule has 0 aromatic carbocycles. The quantitative estimate of drug-likeness (QED) is 0.711. The van der Waals surface area contributed by atoms with Crippen molar-refractivity contribution in [2.75, 3.05) is 13.1 Å². The number of halogens is 2. The predicted octanol–water partition coefficient (Wildman–Crippen LogP) is 2.38. The largest absolute Gasteiger partial charge is 0.438 e. The van der Waals surface area contributed by atoms with Gasteiger partial charge in [0.2, 0.25) is 5.76 Å². The maximum atomic E-state index is 13.2. The van der Waals surface area contributed by atoms with Crippen LogP contribution >= 0.6 is 0 Å². The van der Waals surface area contributed by atoms with E-state index in [1.807, 2.05) is 0 Å². The summed E-state index contributed by atoms with van der Waals surface area (Å²) in [5.74, 6) is -0.0600. The van der Waals surface area contributed by atoms with Crippen LogP contribution in [0.5, 0.6) is 0 Å². The molecule has 1 aliphatic heterocycles. The minimum absolute atomic E-state index is 0.132. The Morgan fingerprint density at radius 1 is 1.38 bits per heavy atom. The molecule has 1 saturated heterocycles. The zero-order valence-corrected chi connectivity index (χ0v) is 14.0. The molecule has 136 valence electrons. The van der Waals surface area contributed by atoms with Crippen molar-refractivity contribution in [3.63, 3.8) is 0 Å². The Labute approximate surface area is 146 Å². The van der Waals surface area contributed by atoms with Crippen LogP contribution in [-0.2, 0) is 0 Å². The topological polar surface area (TPSA) is 89.4 Å². The van der Waals surface area contributed by atoms with Gasteiger partial charge < -0.3 is 9.32 Å². The van der Waals surface area contributed by atoms with Crippen molar-refractivity contribution in [2.45, 2.75) is 32.1 Å². The fourth-order valence-electron chi connectivity index (χ4n) is 3.31. The average molecular weight is 362 g/mol. The highest BCUT2D eigenvalue weighted by Crippen LogP contribution is 2.30. The van der Waals surface area contributed by atoms with Gasteiger partial charge in [0, 0.05) is 19.0 Å². The van der Waals surface area contributed by atoms with E-state index in [0.29, 0.717) is 24.5 Å². The van der Waals surface area contributed by atoms with E-state index >= 15 is 0 Å². The number of likely N-dealkylation sites (tertiary alicyclic amines) is 1. The highest BCUT2D eigenvalue weighted by molar-refractivity contribution is 5.92. The molecule has 1 amide bonds. The average Bonchev–Trinajstić information content (AvgIpc) is 3.28. The fourth-order valence-corrected chi connectivity index (χ4v) is 3.31. The van der Waals surface area contributed by atoms with E-state index < -0.39 is 6.43 Å². The van der Waals surface area contributed by atoms with Crippen molar-refractivity contribution >= 4 is 11.7 Å². The number of aryl methyl sites for hydroxylation is 1. The summed E-state index contributed by atoms with van der Waals surface area (Å²) in [5.41, 5.74) is 0.768. The number of hydrogen-bond acceptors (Lipinski definition) is 6. The highest BCUT2D eigenvalue weighted by atomic mass is 19.3. The van der Waals surface area contributed by atoms with Crippen LogP contribution in [0.1, 0.15) is 52.8 Å². The van der Waals surface area contributed by atoms with Gasteiger partial charge in [-0.05, 0) is 25.8 Å². The summed E-state index contributed by atoms with van der Waals surface area (Å²) in [4.78, 5) is 26.0. The lowest BCUT2D eigenvalue weighted by Crippen LogP contribution is -2.39. The predicted molar refractivity (Wildman–Crippen MR) is 84.9 cm³/mol. The van der Waals surface area contributed by atoms with Gasteiger partial charge in [-0.3, -0.25) is 4.79 Å². The van der Waals surface area contributed by atoms with E-state index in [1.54, 1.807) is 11.8 Å². The fraction of sp³-hybridized carbons (Fsp3) is 0.438. The van der Waals surface area contributed by atoms with Crippen LogP contribution < -0.4 is 0 Å². The summed E-state index contributed by atoms with van der Waals surface area (Å²) in [6.45, 7) is 2.65. The van der Waals surface area contributed by atoms with Crippen molar-refractivity contribution < 1.29 is 18.0 Å². The maximum Gasteiger partial charge on any atom is 0.291 e. The van der Waals surface area contributed by atoms with Crippen LogP contribution in [-0.4, -0.2) is 48.5 Å². The number of carbonyl (C=O) groups excluding carboxylic acids is 1. The van der Waals surface area contributed by atoms with Crippen molar-refractivity contribution in [1.82, 2.24) is 29.5 Å². The Bertz CT molecular complexity index is 953. The summed E-state index contributed by atoms with van der Waals surface area (Å²) in [5, 5.41) is 4.09. The number of carbonyl (C=O) groups is 1. The van der Waals surface area contributed by atoms with Crippen LogP contribution in [0.2, 0.25) is 0 Å². The number of alkyl halides is 2. The molecule has 0 N–H and O–H groups in total. The van der Waals surface area contributed by atoms with Gasteiger partial charge in [0.05, 0.1) is 11.4 Å². The van der Waals surface area contributed by atoms with Gasteiger partial charge in [0.25, 0.3) is 18.1 Å². The molecular weight excluding hydrogens is 346 g/mol. The van der Waals surface area contributed by atoms with Crippen LogP contribution in [0.3, 0.4) is 0 Å². The third-order valence-corrected chi connectivity index (χ3v) is 4.59. The molecule has 8 nitrogen and oxygen atoms in total. The maximum absolute atomic E-state index is 13.2. The second-order valence-electron chi connectivity index (χ2n) is 6.24. The molecule has 0 radical (unpaired) electrons. The summed E-state index contributed by atoms with van der Waals surface area (Å²) in [6, 6.07) is 1.35. The highest BCUT2D eigenvalue weighted by Gasteiger charge is 2.30. The standard InChI is InChI=1S/C16H16F2N6O2/c1-9-13(26-8-20-9)15(25)23-4-2-3-10(6-23)12-5-11(14(17)18)22-16-19-7-21-24(12)16/h5,7-8,10,14H,2-4,6H2,1H3/t10-/m0/s1. The van der Waals surface area contributed by atoms with Crippen LogP contribution in [0.25, 0.3) is 5.78 Å². The van der Waals surface area contributed by atoms with Crippen molar-refractivity contribution in [3.8, 4) is 0 Å². The minimum atomic E-state index is -2.70. The van der Waals surface area contributed by atoms with Crippen LogP contribution in [0.4, 0.5) is 8.78 Å². The number of piperidine rings is 1. The lowest BCUT2D eigenvalue weighted by atomic mass is 9.93. The summed E-state index contributed by atoms with van der Waals surface area (Å²) >= 11 is 0. The zero-order chi connectivity index (χ0) is 18.3. The first kappa shape index (κ1) is 16.6. The number of aromatic nitrogens is 5. The zero-order valence-electron chi connectivity index (χ0n) is 14.0. The number of hydrogen-bond donors (Lipinski definition) is 0. The summed E-state index contributed by atoms with van der Waals surface area (Å²) in [7, 11) is 0. The van der Waals surface area contributed by atoms with Gasteiger partial charge in [-0.2, -0.15) is 10.1 Å². The third-order valence-electron chi connectivity index (χ3n) is 4.59. The van der Waals surface area contributed by atoms with Crippen molar-refractivity contribution in [2.24, 2.45) is 0 Å². The molecule has 4 rings (SSSR count). The number of oxazole rings is 1. The molecule has 10 heteroatoms. The van der Waals surface area contributed by atoms with Gasteiger partial charge >= 0.3 is 0 Å². The first-order valence-corrected chi connectivity index (χ1v) is 8.22. The second-order valence-corrected chi connectivity index (χ2v) is 6.24. The molecule has 0 aliphatic carbocycles. The molecule has 26 heavy (non-hydrogen) atoms. The first-order chi connectivity index (χ1) is 12.5. The smallest absolute Gasteiger partial charge is 0.291 e. The van der Waals surface area contributed by atoms with Gasteiger partial charge in [0.1, 0.15) is 12.0 Å². The molecular formula is C16H16F2N6O2. The molecule has 0 bridgehead atoms. The van der Waals surface area contributed by atoms with Crippen LogP contribution in [0.15, 0.2) is 23.2 Å². The van der Waals surface area contributed by atoms with E-state index in [4.69, 9.17) is 4.42 Å². The van der Waals surface area contributed by atoms with Crippen LogP contribution in [0, 0.1) is 6.92 Å². The molecule has 3 aromatic heterocycles. The number of rotatable bonds is 3. The summed E-state index contributed by atoms with van der Waals surface area (Å²) < 4.78 is 33.0. The van der Waals surface area contributed by atoms with E-state index in [1.165, 1.54) is 23.3 Å². The first-order valence-electron chi connectivity index (χ1n) is 8.22. The van der Waals surface area contributed by atoms with E-state index in [0.717, 1.165) is 12.8 Å². The Kier molecular flexibility index (Phi) is 4.09. The molecule has 0 saturated carbocycles. The third kappa shape index (κ3) is 2.80. The SMILES string of the molecule is Cc1ncoc1C(=O)N1CCC[C@H](c2cc(C(F)F)nc3ncnn23)C1. The molecule has 4 heterocycles. The number of fused-ring (bicyclic) bond motifs is 1. The number of amides is 1. The van der Waals surface area contributed by atoms with E-state index in [9.17, 15) is 13.6 Å². The second kappa shape index (κ2) is 6.43. The molecule has 0 unspecified atom stereocenters. The lowest BCUT2D eigenvalue weighted by molar-refractivity contribution is 0.0671. The number of nitrogens with zero attached hydrogens (tertiary/aromatic N) is 6. The molecule has 1 atom stereocenters. The van der Waals surface area contributed by atoms with E-state index in [2.05, 4.69) is 20.1 Å². The molecule has 1 aliphatic rings. The van der Waals surface area contributed by atoms with Gasteiger partial charge in [-0.1, -0.05) is 0 Å². The van der Waals surface area contributed by atoms with Gasteiger partial charge in [-0.25, -0.2) is 23.3 Å². The molecule has 1 fully saturated rings. The van der Waals surface area contributed by atoms with Crippen molar-refractivity contribution in [3.05, 3.63) is 41.6 Å². The Balaban J connectivity index is 1.66. The Morgan fingerprint density at radius 3 is 2.96 bits per heavy atom. The Hall–Kier alpha value is -2.91. The monoisotopic (exact) mass is 362 g/mol. The minimum Gasteiger partial charge on any atom is -0.438 e. The van der Waals surface area contributed by atoms with Gasteiger partial charge in [0.15, 0.2) is 6.39 Å². The summed E-state index contributed by atoms with van der Waals surface area (Å²) in [6.07, 6.45) is 1.31. The Morgan fingerprint density at radius 2 is 2.23 bits per heavy atom. The normalized spacial score (nSPS) is 18.0. The molecule has 3 aromatic rings.